The van der Waals surface area contributed by atoms with Crippen LogP contribution in [0.15, 0.2) is 49.1 Å². The van der Waals surface area contributed by atoms with Crippen LogP contribution in [0.3, 0.4) is 0 Å². The predicted octanol–water partition coefficient (Wildman–Crippen LogP) is -1.49. The van der Waals surface area contributed by atoms with Crippen molar-refractivity contribution in [2.24, 2.45) is 0 Å². The van der Waals surface area contributed by atoms with Crippen molar-refractivity contribution >= 4 is 57.4 Å². The maximum atomic E-state index is 10.0. The summed E-state index contributed by atoms with van der Waals surface area (Å²) in [4.78, 5) is 27.3. The topological polar surface area (TPSA) is 106 Å². The average Bonchev–Trinajstić information content (AvgIpc) is 2.41. The van der Waals surface area contributed by atoms with Crippen molar-refractivity contribution in [1.82, 2.24) is 9.97 Å². The van der Waals surface area contributed by atoms with Crippen LogP contribution < -0.4 is 10.2 Å². The van der Waals surface area contributed by atoms with Crippen LogP contribution in [0.2, 0.25) is 0 Å². The van der Waals surface area contributed by atoms with E-state index in [0.29, 0.717) is 0 Å². The molecule has 0 saturated carbocycles. The molecule has 7 heteroatoms. The number of hydrogen-bond donors (Lipinski definition) is 0. The second-order valence-electron chi connectivity index (χ2n) is 3.06. The standard InChI is InChI=1S/2C6H5NO2.Sr/c2*8-6(9)5-2-1-3-7-4-5;/h2*1-4H,(H,8,9);/q;;+2/p-2. The summed E-state index contributed by atoms with van der Waals surface area (Å²) in [7, 11) is 0. The van der Waals surface area contributed by atoms with Gasteiger partial charge in [0.25, 0.3) is 0 Å². The SMILES string of the molecule is O=C([O-])c1cccnc1.O=C([O-])c1cccnc1.[Sr+2]. The molecule has 0 saturated heterocycles. The van der Waals surface area contributed by atoms with E-state index in [4.69, 9.17) is 0 Å². The molecule has 2 rings (SSSR count). The largest absolute Gasteiger partial charge is 2.00 e. The molecule has 92 valence electrons. The zero-order chi connectivity index (χ0) is 13.4. The summed E-state index contributed by atoms with van der Waals surface area (Å²) in [6.07, 6.45) is 5.50. The van der Waals surface area contributed by atoms with Crippen molar-refractivity contribution in [3.63, 3.8) is 0 Å². The molecule has 0 aliphatic rings. The number of carbonyl (C=O) groups excluding carboxylic acids is 2. The Hall–Kier alpha value is -1.28. The van der Waals surface area contributed by atoms with Crippen LogP contribution in [0.5, 0.6) is 0 Å². The Kier molecular flexibility index (Phi) is 8.98. The summed E-state index contributed by atoms with van der Waals surface area (Å²) in [5.41, 5.74) is 0.218. The molecule has 0 aliphatic carbocycles. The average molecular weight is 332 g/mol. The Bertz CT molecular complexity index is 470. The molecule has 0 atom stereocenters. The normalized spacial score (nSPS) is 8.42. The molecule has 2 aromatic heterocycles. The molecule has 2 heterocycles. The molecule has 0 unspecified atom stereocenters. The maximum absolute atomic E-state index is 10.0. The van der Waals surface area contributed by atoms with Crippen molar-refractivity contribution in [3.05, 3.63) is 60.2 Å². The molecule has 0 radical (unpaired) electrons. The fourth-order valence-electron chi connectivity index (χ4n) is 0.967. The molecule has 19 heavy (non-hydrogen) atoms. The number of rotatable bonds is 2. The summed E-state index contributed by atoms with van der Waals surface area (Å²) < 4.78 is 0. The van der Waals surface area contributed by atoms with Gasteiger partial charge in [-0.1, -0.05) is 12.1 Å². The summed E-state index contributed by atoms with van der Waals surface area (Å²) in [6.45, 7) is 0. The minimum Gasteiger partial charge on any atom is -0.545 e. The second kappa shape index (κ2) is 9.62. The van der Waals surface area contributed by atoms with Gasteiger partial charge in [0.2, 0.25) is 0 Å². The van der Waals surface area contributed by atoms with Crippen molar-refractivity contribution in [3.8, 4) is 0 Å². The molecule has 0 N–H and O–H groups in total. The van der Waals surface area contributed by atoms with E-state index in [1.807, 2.05) is 0 Å². The second-order valence-corrected chi connectivity index (χ2v) is 3.06. The molecule has 0 amide bonds. The van der Waals surface area contributed by atoms with E-state index in [2.05, 4.69) is 9.97 Å². The Balaban J connectivity index is 0.000000324. The zero-order valence-electron chi connectivity index (χ0n) is 9.85. The first kappa shape index (κ1) is 17.7. The van der Waals surface area contributed by atoms with E-state index in [9.17, 15) is 19.8 Å². The molecule has 0 aromatic carbocycles. The number of carboxylic acid groups (broad SMARTS) is 2. The zero-order valence-corrected chi connectivity index (χ0v) is 13.3. The third-order valence-corrected chi connectivity index (χ3v) is 1.79. The monoisotopic (exact) mass is 332 g/mol. The van der Waals surface area contributed by atoms with E-state index in [0.717, 1.165) is 0 Å². The smallest absolute Gasteiger partial charge is 0.545 e. The Morgan fingerprint density at radius 3 is 1.37 bits per heavy atom. The fraction of sp³-hybridized carbons (Fsp3) is 0. The van der Waals surface area contributed by atoms with Gasteiger partial charge in [-0.05, 0) is 12.1 Å². The van der Waals surface area contributed by atoms with Crippen LogP contribution in [0.1, 0.15) is 20.7 Å². The first-order valence-electron chi connectivity index (χ1n) is 4.84. The van der Waals surface area contributed by atoms with Crippen LogP contribution in [0, 0.1) is 0 Å². The first-order valence-corrected chi connectivity index (χ1v) is 4.84. The van der Waals surface area contributed by atoms with Gasteiger partial charge in [0.05, 0.1) is 11.9 Å². The van der Waals surface area contributed by atoms with Gasteiger partial charge in [0, 0.05) is 35.9 Å². The number of hydrogen-bond acceptors (Lipinski definition) is 6. The van der Waals surface area contributed by atoms with Crippen LogP contribution in [0.25, 0.3) is 0 Å². The Morgan fingerprint density at radius 1 is 0.842 bits per heavy atom. The van der Waals surface area contributed by atoms with Gasteiger partial charge in [0.1, 0.15) is 0 Å². The van der Waals surface area contributed by atoms with Gasteiger partial charge < -0.3 is 19.8 Å². The van der Waals surface area contributed by atoms with Crippen LogP contribution in [-0.2, 0) is 0 Å². The number of carbonyl (C=O) groups is 2. The van der Waals surface area contributed by atoms with E-state index in [1.54, 1.807) is 12.1 Å². The third kappa shape index (κ3) is 7.02. The molecule has 2 aromatic rings. The van der Waals surface area contributed by atoms with E-state index in [1.165, 1.54) is 36.9 Å². The van der Waals surface area contributed by atoms with Crippen molar-refractivity contribution < 1.29 is 19.8 Å². The maximum Gasteiger partial charge on any atom is 2.00 e. The number of aromatic nitrogens is 2. The molecule has 0 bridgehead atoms. The van der Waals surface area contributed by atoms with Gasteiger partial charge in [-0.15, -0.1) is 0 Å². The summed E-state index contributed by atoms with van der Waals surface area (Å²) in [5, 5.41) is 20.1. The molecule has 0 aliphatic heterocycles. The van der Waals surface area contributed by atoms with Gasteiger partial charge in [-0.25, -0.2) is 0 Å². The first-order chi connectivity index (χ1) is 8.61. The van der Waals surface area contributed by atoms with E-state index < -0.39 is 11.9 Å². The van der Waals surface area contributed by atoms with Crippen molar-refractivity contribution in [2.45, 2.75) is 0 Å². The van der Waals surface area contributed by atoms with E-state index in [-0.39, 0.29) is 56.6 Å². The van der Waals surface area contributed by atoms with Crippen molar-refractivity contribution in [2.75, 3.05) is 0 Å². The van der Waals surface area contributed by atoms with Crippen LogP contribution >= 0.6 is 0 Å². The predicted molar refractivity (Wildman–Crippen MR) is 62.9 cm³/mol. The summed E-state index contributed by atoms with van der Waals surface area (Å²) >= 11 is 0. The minimum atomic E-state index is -1.19. The quantitative estimate of drug-likeness (QED) is 0.621. The van der Waals surface area contributed by atoms with Gasteiger partial charge in [-0.2, -0.15) is 0 Å². The minimum absolute atomic E-state index is 0. The molecule has 0 spiro atoms. The Labute approximate surface area is 146 Å². The number of nitrogens with zero attached hydrogens (tertiary/aromatic N) is 2. The van der Waals surface area contributed by atoms with Gasteiger partial charge in [-0.3, -0.25) is 9.97 Å². The third-order valence-electron chi connectivity index (χ3n) is 1.79. The van der Waals surface area contributed by atoms with Crippen LogP contribution in [0.4, 0.5) is 0 Å². The van der Waals surface area contributed by atoms with Crippen molar-refractivity contribution in [1.29, 1.82) is 0 Å². The fourth-order valence-corrected chi connectivity index (χ4v) is 0.967. The molecule has 0 fully saturated rings. The van der Waals surface area contributed by atoms with Gasteiger partial charge in [0.15, 0.2) is 0 Å². The molecular weight excluding hydrogens is 324 g/mol. The van der Waals surface area contributed by atoms with E-state index >= 15 is 0 Å². The van der Waals surface area contributed by atoms with Gasteiger partial charge >= 0.3 is 45.5 Å². The number of aromatic carboxylic acids is 2. The summed E-state index contributed by atoms with van der Waals surface area (Å²) in [6, 6.07) is 5.96. The molecule has 6 nitrogen and oxygen atoms in total. The molecular formula is C12H8N2O4Sr. The van der Waals surface area contributed by atoms with Crippen LogP contribution in [-0.4, -0.2) is 67.4 Å². The Morgan fingerprint density at radius 2 is 1.21 bits per heavy atom. The number of carboxylic acids is 2. The summed E-state index contributed by atoms with van der Waals surface area (Å²) in [5.74, 6) is -2.38. The number of pyridine rings is 2.